The summed E-state index contributed by atoms with van der Waals surface area (Å²) in [5.41, 5.74) is 0.916. The molecule has 6 nitrogen and oxygen atoms in total. The number of aromatic nitrogens is 1. The maximum absolute atomic E-state index is 13.1. The highest BCUT2D eigenvalue weighted by Gasteiger charge is 2.19. The Labute approximate surface area is 145 Å². The predicted octanol–water partition coefficient (Wildman–Crippen LogP) is 2.58. The highest BCUT2D eigenvalue weighted by atomic mass is 35.5. The van der Waals surface area contributed by atoms with Gasteiger partial charge in [0.05, 0.1) is 5.02 Å². The second-order valence-electron chi connectivity index (χ2n) is 4.98. The largest absolute Gasteiger partial charge is 0.451 e. The lowest BCUT2D eigenvalue weighted by Gasteiger charge is -2.14. The summed E-state index contributed by atoms with van der Waals surface area (Å²) in [5, 5.41) is 3.96. The predicted molar refractivity (Wildman–Crippen MR) is 88.9 cm³/mol. The Kier molecular flexibility index (Phi) is 5.74. The molecular weight excluding hydrogens is 359 g/mol. The van der Waals surface area contributed by atoms with Crippen molar-refractivity contribution in [3.05, 3.63) is 49.8 Å². The molecule has 0 aliphatic carbocycles. The number of halogens is 2. The van der Waals surface area contributed by atoms with Crippen LogP contribution >= 0.6 is 22.9 Å². The molecule has 1 aromatic carbocycles. The fourth-order valence-electron chi connectivity index (χ4n) is 1.83. The first kappa shape index (κ1) is 18.2. The van der Waals surface area contributed by atoms with Gasteiger partial charge in [0.25, 0.3) is 5.91 Å². The summed E-state index contributed by atoms with van der Waals surface area (Å²) < 4.78 is 19.3. The van der Waals surface area contributed by atoms with Crippen molar-refractivity contribution in [1.29, 1.82) is 0 Å². The molecule has 0 radical (unpaired) electrons. The molecule has 0 saturated heterocycles. The monoisotopic (exact) mass is 372 g/mol. The van der Waals surface area contributed by atoms with Crippen molar-refractivity contribution in [2.24, 2.45) is 0 Å². The van der Waals surface area contributed by atoms with E-state index in [-0.39, 0.29) is 22.1 Å². The van der Waals surface area contributed by atoms with Crippen LogP contribution in [0.3, 0.4) is 0 Å². The highest BCUT2D eigenvalue weighted by Crippen LogP contribution is 2.19. The average Bonchev–Trinajstić information content (AvgIpc) is 2.82. The SMILES string of the molecule is Cc1csc(=O)n1CC(=O)O[C@H](C)C(=O)Nc1ccc(F)c(Cl)c1. The summed E-state index contributed by atoms with van der Waals surface area (Å²) in [4.78, 5) is 35.1. The van der Waals surface area contributed by atoms with Gasteiger partial charge in [-0.3, -0.25) is 19.0 Å². The lowest BCUT2D eigenvalue weighted by Crippen LogP contribution is -2.32. The number of hydrogen-bond acceptors (Lipinski definition) is 5. The van der Waals surface area contributed by atoms with Crippen molar-refractivity contribution in [1.82, 2.24) is 4.57 Å². The van der Waals surface area contributed by atoms with E-state index in [1.54, 1.807) is 12.3 Å². The third-order valence-electron chi connectivity index (χ3n) is 3.13. The lowest BCUT2D eigenvalue weighted by atomic mass is 10.3. The van der Waals surface area contributed by atoms with Crippen LogP contribution in [-0.2, 0) is 20.9 Å². The number of benzene rings is 1. The van der Waals surface area contributed by atoms with Crippen molar-refractivity contribution in [2.45, 2.75) is 26.5 Å². The minimum atomic E-state index is -1.09. The van der Waals surface area contributed by atoms with Crippen LogP contribution in [0.4, 0.5) is 10.1 Å². The number of aryl methyl sites for hydroxylation is 1. The van der Waals surface area contributed by atoms with Gasteiger partial charge in [-0.15, -0.1) is 0 Å². The Bertz CT molecular complexity index is 833. The molecule has 0 aliphatic rings. The Morgan fingerprint density at radius 2 is 2.17 bits per heavy atom. The molecule has 1 heterocycles. The number of esters is 1. The van der Waals surface area contributed by atoms with Gasteiger partial charge in [-0.05, 0) is 32.0 Å². The van der Waals surface area contributed by atoms with E-state index in [1.807, 2.05) is 0 Å². The van der Waals surface area contributed by atoms with Crippen molar-refractivity contribution >= 4 is 40.5 Å². The maximum Gasteiger partial charge on any atom is 0.326 e. The van der Waals surface area contributed by atoms with Gasteiger partial charge in [-0.1, -0.05) is 22.9 Å². The van der Waals surface area contributed by atoms with E-state index < -0.39 is 23.8 Å². The van der Waals surface area contributed by atoms with Gasteiger partial charge in [-0.25, -0.2) is 4.39 Å². The van der Waals surface area contributed by atoms with E-state index in [2.05, 4.69) is 5.32 Å². The number of nitrogens with one attached hydrogen (secondary N) is 1. The van der Waals surface area contributed by atoms with Crippen LogP contribution in [0, 0.1) is 12.7 Å². The molecule has 128 valence electrons. The zero-order valence-electron chi connectivity index (χ0n) is 12.8. The Balaban J connectivity index is 1.94. The van der Waals surface area contributed by atoms with E-state index in [1.165, 1.54) is 23.6 Å². The molecular formula is C15H14ClFN2O4S. The van der Waals surface area contributed by atoms with Gasteiger partial charge in [0, 0.05) is 16.8 Å². The molecule has 0 unspecified atom stereocenters. The van der Waals surface area contributed by atoms with Crippen LogP contribution in [-0.4, -0.2) is 22.5 Å². The summed E-state index contributed by atoms with van der Waals surface area (Å²) in [6.45, 7) is 2.81. The molecule has 0 saturated carbocycles. The molecule has 1 atom stereocenters. The van der Waals surface area contributed by atoms with E-state index in [4.69, 9.17) is 16.3 Å². The minimum absolute atomic E-state index is 0.134. The quantitative estimate of drug-likeness (QED) is 0.818. The van der Waals surface area contributed by atoms with Gasteiger partial charge in [-0.2, -0.15) is 0 Å². The first-order valence-electron chi connectivity index (χ1n) is 6.88. The molecule has 24 heavy (non-hydrogen) atoms. The second-order valence-corrected chi connectivity index (χ2v) is 6.21. The first-order valence-corrected chi connectivity index (χ1v) is 8.14. The molecule has 1 aromatic heterocycles. The third kappa shape index (κ3) is 4.42. The number of carbonyl (C=O) groups is 2. The van der Waals surface area contributed by atoms with E-state index in [0.29, 0.717) is 5.69 Å². The smallest absolute Gasteiger partial charge is 0.326 e. The molecule has 2 rings (SSSR count). The van der Waals surface area contributed by atoms with Crippen LogP contribution < -0.4 is 10.2 Å². The highest BCUT2D eigenvalue weighted by molar-refractivity contribution is 7.07. The molecule has 0 aliphatic heterocycles. The number of nitrogens with zero attached hydrogens (tertiary/aromatic N) is 1. The number of hydrogen-bond donors (Lipinski definition) is 1. The normalized spacial score (nSPS) is 11.8. The Hall–Kier alpha value is -2.19. The summed E-state index contributed by atoms with van der Waals surface area (Å²) in [6.07, 6.45) is -1.09. The fourth-order valence-corrected chi connectivity index (χ4v) is 2.75. The van der Waals surface area contributed by atoms with Crippen molar-refractivity contribution in [3.8, 4) is 0 Å². The zero-order valence-corrected chi connectivity index (χ0v) is 14.4. The van der Waals surface area contributed by atoms with E-state index in [9.17, 15) is 18.8 Å². The average molecular weight is 373 g/mol. The van der Waals surface area contributed by atoms with Gasteiger partial charge in [0.2, 0.25) is 0 Å². The molecule has 0 spiro atoms. The first-order chi connectivity index (χ1) is 11.3. The van der Waals surface area contributed by atoms with Gasteiger partial charge in [0.1, 0.15) is 12.4 Å². The van der Waals surface area contributed by atoms with Crippen LogP contribution in [0.2, 0.25) is 5.02 Å². The fraction of sp³-hybridized carbons (Fsp3) is 0.267. The number of rotatable bonds is 5. The minimum Gasteiger partial charge on any atom is -0.451 e. The van der Waals surface area contributed by atoms with Crippen molar-refractivity contribution < 1.29 is 18.7 Å². The number of carbonyl (C=O) groups excluding carboxylic acids is 2. The topological polar surface area (TPSA) is 77.4 Å². The van der Waals surface area contributed by atoms with Crippen LogP contribution in [0.25, 0.3) is 0 Å². The van der Waals surface area contributed by atoms with Gasteiger partial charge < -0.3 is 10.1 Å². The Morgan fingerprint density at radius 3 is 2.75 bits per heavy atom. The summed E-state index contributed by atoms with van der Waals surface area (Å²) >= 11 is 6.61. The molecule has 1 N–H and O–H groups in total. The number of ether oxygens (including phenoxy) is 1. The van der Waals surface area contributed by atoms with Crippen LogP contribution in [0.15, 0.2) is 28.4 Å². The van der Waals surface area contributed by atoms with E-state index in [0.717, 1.165) is 17.4 Å². The number of anilines is 1. The zero-order chi connectivity index (χ0) is 17.9. The standard InChI is InChI=1S/C15H14ClFN2O4S/c1-8-7-24-15(22)19(8)6-13(20)23-9(2)14(21)18-10-3-4-12(17)11(16)5-10/h3-5,7,9H,6H2,1-2H3,(H,18,21)/t9-/m1/s1. The second kappa shape index (κ2) is 7.59. The van der Waals surface area contributed by atoms with Crippen LogP contribution in [0.5, 0.6) is 0 Å². The maximum atomic E-state index is 13.1. The molecule has 2 aromatic rings. The van der Waals surface area contributed by atoms with Crippen LogP contribution in [0.1, 0.15) is 12.6 Å². The summed E-state index contributed by atoms with van der Waals surface area (Å²) in [6, 6.07) is 3.69. The molecule has 9 heteroatoms. The number of thiazole rings is 1. The Morgan fingerprint density at radius 1 is 1.46 bits per heavy atom. The van der Waals surface area contributed by atoms with Gasteiger partial charge >= 0.3 is 10.8 Å². The summed E-state index contributed by atoms with van der Waals surface area (Å²) in [5.74, 6) is -1.91. The molecule has 0 bridgehead atoms. The van der Waals surface area contributed by atoms with Crippen molar-refractivity contribution in [2.75, 3.05) is 5.32 Å². The van der Waals surface area contributed by atoms with Gasteiger partial charge in [0.15, 0.2) is 6.10 Å². The van der Waals surface area contributed by atoms with E-state index >= 15 is 0 Å². The summed E-state index contributed by atoms with van der Waals surface area (Å²) in [7, 11) is 0. The molecule has 0 fully saturated rings. The number of amides is 1. The van der Waals surface area contributed by atoms with Crippen molar-refractivity contribution in [3.63, 3.8) is 0 Å². The molecule has 1 amide bonds. The lowest BCUT2D eigenvalue weighted by molar-refractivity contribution is -0.153. The third-order valence-corrected chi connectivity index (χ3v) is 4.30.